The van der Waals surface area contributed by atoms with E-state index in [1.165, 1.54) is 17.8 Å². The summed E-state index contributed by atoms with van der Waals surface area (Å²) in [4.78, 5) is 15.5. The second-order valence-electron chi connectivity index (χ2n) is 6.37. The molecule has 0 unspecified atom stereocenters. The number of ether oxygens (including phenoxy) is 1. The Hall–Kier alpha value is -1.09. The number of amides is 1. The van der Waals surface area contributed by atoms with Crippen molar-refractivity contribution in [3.63, 3.8) is 0 Å². The molecule has 0 spiro atoms. The van der Waals surface area contributed by atoms with Crippen LogP contribution in [0.3, 0.4) is 0 Å². The first-order valence-corrected chi connectivity index (χ1v) is 11.3. The van der Waals surface area contributed by atoms with Crippen molar-refractivity contribution >= 4 is 27.7 Å². The number of morpholine rings is 1. The zero-order chi connectivity index (χ0) is 17.9. The first-order chi connectivity index (χ1) is 12.0. The number of sulfonamides is 1. The van der Waals surface area contributed by atoms with Crippen LogP contribution in [0.2, 0.25) is 0 Å². The largest absolute Gasteiger partial charge is 0.378 e. The summed E-state index contributed by atoms with van der Waals surface area (Å²) >= 11 is 1.45. The van der Waals surface area contributed by atoms with Gasteiger partial charge in [0.25, 0.3) is 5.91 Å². The lowest BCUT2D eigenvalue weighted by Gasteiger charge is -2.27. The van der Waals surface area contributed by atoms with E-state index in [2.05, 4.69) is 4.72 Å². The van der Waals surface area contributed by atoms with Crippen LogP contribution in [-0.4, -0.2) is 57.8 Å². The van der Waals surface area contributed by atoms with Gasteiger partial charge in [0.1, 0.15) is 0 Å². The Balaban J connectivity index is 1.87. The highest BCUT2D eigenvalue weighted by Crippen LogP contribution is 2.26. The molecule has 1 heterocycles. The van der Waals surface area contributed by atoms with Gasteiger partial charge in [0.2, 0.25) is 10.0 Å². The van der Waals surface area contributed by atoms with Gasteiger partial charge in [-0.25, -0.2) is 13.1 Å². The molecule has 1 aliphatic carbocycles. The summed E-state index contributed by atoms with van der Waals surface area (Å²) in [6.45, 7) is 2.09. The number of carbonyl (C=O) groups is 1. The average molecular weight is 385 g/mol. The lowest BCUT2D eigenvalue weighted by molar-refractivity contribution is 0.0300. The Morgan fingerprint density at radius 1 is 1.24 bits per heavy atom. The molecule has 1 aliphatic heterocycles. The Morgan fingerprint density at radius 2 is 1.92 bits per heavy atom. The van der Waals surface area contributed by atoms with Gasteiger partial charge in [-0.2, -0.15) is 0 Å². The van der Waals surface area contributed by atoms with Gasteiger partial charge in [-0.3, -0.25) is 4.79 Å². The van der Waals surface area contributed by atoms with Crippen LogP contribution >= 0.6 is 11.8 Å². The maximum absolute atomic E-state index is 12.8. The summed E-state index contributed by atoms with van der Waals surface area (Å²) in [5.74, 6) is -0.134. The molecule has 1 aromatic rings. The molecule has 25 heavy (non-hydrogen) atoms. The van der Waals surface area contributed by atoms with Gasteiger partial charge in [-0.1, -0.05) is 12.8 Å². The molecule has 0 bridgehead atoms. The molecule has 2 fully saturated rings. The second kappa shape index (κ2) is 8.07. The maximum Gasteiger partial charge on any atom is 0.255 e. The topological polar surface area (TPSA) is 75.7 Å². The number of hydrogen-bond acceptors (Lipinski definition) is 5. The summed E-state index contributed by atoms with van der Waals surface area (Å²) in [7, 11) is -3.61. The predicted octanol–water partition coefficient (Wildman–Crippen LogP) is 2.10. The lowest BCUT2D eigenvalue weighted by atomic mass is 10.2. The van der Waals surface area contributed by atoms with Crippen LogP contribution in [0.5, 0.6) is 0 Å². The van der Waals surface area contributed by atoms with Crippen molar-refractivity contribution < 1.29 is 17.9 Å². The molecule has 6 nitrogen and oxygen atoms in total. The van der Waals surface area contributed by atoms with E-state index in [1.54, 1.807) is 17.0 Å². The smallest absolute Gasteiger partial charge is 0.255 e. The van der Waals surface area contributed by atoms with Crippen molar-refractivity contribution in [1.82, 2.24) is 9.62 Å². The fourth-order valence-electron chi connectivity index (χ4n) is 3.29. The van der Waals surface area contributed by atoms with Crippen LogP contribution in [0.25, 0.3) is 0 Å². The van der Waals surface area contributed by atoms with Crippen molar-refractivity contribution in [2.75, 3.05) is 32.6 Å². The fourth-order valence-corrected chi connectivity index (χ4v) is 5.19. The highest BCUT2D eigenvalue weighted by Gasteiger charge is 2.26. The molecule has 1 saturated carbocycles. The Labute approximate surface area is 153 Å². The Bertz CT molecular complexity index is 724. The van der Waals surface area contributed by atoms with Gasteiger partial charge in [0.15, 0.2) is 0 Å². The van der Waals surface area contributed by atoms with Crippen LogP contribution in [0.15, 0.2) is 28.0 Å². The van der Waals surface area contributed by atoms with Crippen LogP contribution in [-0.2, 0) is 14.8 Å². The van der Waals surface area contributed by atoms with Crippen LogP contribution < -0.4 is 4.72 Å². The standard InChI is InChI=1S/C17H24N2O4S2/c1-24-16-7-6-14(25(21,22)18-13-4-2-3-5-13)12-15(16)17(20)19-8-10-23-11-9-19/h6-7,12-13,18H,2-5,8-11H2,1H3. The predicted molar refractivity (Wildman–Crippen MR) is 97.5 cm³/mol. The second-order valence-corrected chi connectivity index (χ2v) is 8.93. The van der Waals surface area contributed by atoms with Crippen LogP contribution in [0.4, 0.5) is 0 Å². The molecule has 8 heteroatoms. The first kappa shape index (κ1) is 18.7. The Kier molecular flexibility index (Phi) is 6.04. The summed E-state index contributed by atoms with van der Waals surface area (Å²) in [6, 6.07) is 4.82. The molecular weight excluding hydrogens is 360 g/mol. The minimum atomic E-state index is -3.61. The summed E-state index contributed by atoms with van der Waals surface area (Å²) in [5.41, 5.74) is 0.448. The summed E-state index contributed by atoms with van der Waals surface area (Å²) < 4.78 is 33.4. The lowest BCUT2D eigenvalue weighted by Crippen LogP contribution is -2.41. The van der Waals surface area contributed by atoms with Gasteiger partial charge in [-0.05, 0) is 37.3 Å². The first-order valence-electron chi connectivity index (χ1n) is 8.58. The minimum absolute atomic E-state index is 0.00335. The van der Waals surface area contributed by atoms with Crippen LogP contribution in [0.1, 0.15) is 36.0 Å². The SMILES string of the molecule is CSc1ccc(S(=O)(=O)NC2CCCC2)cc1C(=O)N1CCOCC1. The van der Waals surface area contributed by atoms with Crippen molar-refractivity contribution in [2.24, 2.45) is 0 Å². The van der Waals surface area contributed by atoms with E-state index in [4.69, 9.17) is 4.74 Å². The molecule has 0 radical (unpaired) electrons. The average Bonchev–Trinajstić information content (AvgIpc) is 3.13. The molecule has 1 aromatic carbocycles. The minimum Gasteiger partial charge on any atom is -0.378 e. The van der Waals surface area contributed by atoms with Crippen molar-refractivity contribution in [3.8, 4) is 0 Å². The summed E-state index contributed by atoms with van der Waals surface area (Å²) in [6.07, 6.45) is 5.75. The van der Waals surface area contributed by atoms with Gasteiger partial charge < -0.3 is 9.64 Å². The number of benzene rings is 1. The number of nitrogens with one attached hydrogen (secondary N) is 1. The molecule has 1 amide bonds. The van der Waals surface area contributed by atoms with E-state index in [1.807, 2.05) is 6.26 Å². The highest BCUT2D eigenvalue weighted by atomic mass is 32.2. The van der Waals surface area contributed by atoms with Crippen molar-refractivity contribution in [3.05, 3.63) is 23.8 Å². The molecule has 0 aromatic heterocycles. The fraction of sp³-hybridized carbons (Fsp3) is 0.588. The number of carbonyl (C=O) groups excluding carboxylic acids is 1. The zero-order valence-electron chi connectivity index (χ0n) is 14.4. The number of thioether (sulfide) groups is 1. The monoisotopic (exact) mass is 384 g/mol. The summed E-state index contributed by atoms with van der Waals surface area (Å²) in [5, 5.41) is 0. The van der Waals surface area contributed by atoms with E-state index in [-0.39, 0.29) is 16.8 Å². The zero-order valence-corrected chi connectivity index (χ0v) is 16.0. The maximum atomic E-state index is 12.8. The van der Waals surface area contributed by atoms with Gasteiger partial charge in [0.05, 0.1) is 23.7 Å². The van der Waals surface area contributed by atoms with Crippen molar-refractivity contribution in [1.29, 1.82) is 0 Å². The highest BCUT2D eigenvalue weighted by molar-refractivity contribution is 7.98. The van der Waals surface area contributed by atoms with E-state index < -0.39 is 10.0 Å². The van der Waals surface area contributed by atoms with Crippen molar-refractivity contribution in [2.45, 2.75) is 41.5 Å². The number of nitrogens with zero attached hydrogens (tertiary/aromatic N) is 1. The molecular formula is C17H24N2O4S2. The number of hydrogen-bond donors (Lipinski definition) is 1. The molecule has 138 valence electrons. The third-order valence-electron chi connectivity index (χ3n) is 4.69. The van der Waals surface area contributed by atoms with E-state index in [0.717, 1.165) is 30.6 Å². The normalized spacial score (nSPS) is 19.3. The molecule has 1 N–H and O–H groups in total. The molecule has 1 saturated heterocycles. The third-order valence-corrected chi connectivity index (χ3v) is 7.00. The third kappa shape index (κ3) is 4.36. The van der Waals surface area contributed by atoms with E-state index >= 15 is 0 Å². The van der Waals surface area contributed by atoms with Gasteiger partial charge >= 0.3 is 0 Å². The Morgan fingerprint density at radius 3 is 2.56 bits per heavy atom. The quantitative estimate of drug-likeness (QED) is 0.787. The van der Waals surface area contributed by atoms with Gasteiger partial charge in [-0.15, -0.1) is 11.8 Å². The molecule has 0 atom stereocenters. The van der Waals surface area contributed by atoms with E-state index in [9.17, 15) is 13.2 Å². The van der Waals surface area contributed by atoms with Crippen LogP contribution in [0, 0.1) is 0 Å². The number of rotatable bonds is 5. The molecule has 2 aliphatic rings. The van der Waals surface area contributed by atoms with Gasteiger partial charge in [0, 0.05) is 24.0 Å². The van der Waals surface area contributed by atoms with E-state index in [0.29, 0.717) is 31.9 Å². The molecule has 3 rings (SSSR count).